The number of halogens is 3. The number of nitrogens with zero attached hydrogens (tertiary/aromatic N) is 1. The molecule has 2 aromatic rings. The molecule has 2 aromatic carbocycles. The van der Waals surface area contributed by atoms with Crippen LogP contribution in [0.5, 0.6) is 0 Å². The molecule has 1 fully saturated rings. The molecule has 0 spiro atoms. The van der Waals surface area contributed by atoms with E-state index in [1.165, 1.54) is 17.0 Å². The van der Waals surface area contributed by atoms with Crippen LogP contribution < -0.4 is 4.90 Å². The van der Waals surface area contributed by atoms with Crippen molar-refractivity contribution in [3.63, 3.8) is 0 Å². The lowest BCUT2D eigenvalue weighted by Crippen LogP contribution is -2.27. The number of amides is 1. The first-order chi connectivity index (χ1) is 12.2. The third-order valence-corrected chi connectivity index (χ3v) is 5.38. The summed E-state index contributed by atoms with van der Waals surface area (Å²) < 4.78 is 38.3. The summed E-state index contributed by atoms with van der Waals surface area (Å²) in [6, 6.07) is 10.3. The molecular weight excluding hydrogens is 379 g/mol. The Morgan fingerprint density at radius 3 is 2.27 bits per heavy atom. The highest BCUT2D eigenvalue weighted by Gasteiger charge is 2.33. The van der Waals surface area contributed by atoms with Crippen molar-refractivity contribution >= 4 is 46.0 Å². The molecule has 0 N–H and O–H groups in total. The molecular formula is C19H14F3NOS2. The zero-order valence-electron chi connectivity index (χ0n) is 13.9. The van der Waals surface area contributed by atoms with E-state index in [4.69, 9.17) is 12.2 Å². The van der Waals surface area contributed by atoms with Gasteiger partial charge in [-0.1, -0.05) is 42.2 Å². The summed E-state index contributed by atoms with van der Waals surface area (Å²) in [5, 5.41) is 0. The van der Waals surface area contributed by atoms with Crippen molar-refractivity contribution < 1.29 is 18.0 Å². The van der Waals surface area contributed by atoms with E-state index in [0.717, 1.165) is 35.0 Å². The minimum Gasteiger partial charge on any atom is -0.268 e. The molecule has 0 unspecified atom stereocenters. The first-order valence-corrected chi connectivity index (χ1v) is 8.92. The first kappa shape index (κ1) is 18.7. The van der Waals surface area contributed by atoms with E-state index < -0.39 is 11.7 Å². The van der Waals surface area contributed by atoms with E-state index in [1.807, 2.05) is 32.0 Å². The number of benzene rings is 2. The van der Waals surface area contributed by atoms with Crippen LogP contribution >= 0.6 is 24.0 Å². The molecule has 1 saturated heterocycles. The molecule has 134 valence electrons. The topological polar surface area (TPSA) is 20.3 Å². The molecule has 0 radical (unpaired) electrons. The predicted molar refractivity (Wildman–Crippen MR) is 103 cm³/mol. The van der Waals surface area contributed by atoms with Gasteiger partial charge in [0.1, 0.15) is 0 Å². The fourth-order valence-corrected chi connectivity index (χ4v) is 3.77. The van der Waals surface area contributed by atoms with Crippen LogP contribution in [0, 0.1) is 13.8 Å². The van der Waals surface area contributed by atoms with Gasteiger partial charge in [0.15, 0.2) is 4.32 Å². The Labute approximate surface area is 158 Å². The largest absolute Gasteiger partial charge is 0.416 e. The van der Waals surface area contributed by atoms with Crippen LogP contribution in [-0.2, 0) is 11.0 Å². The maximum Gasteiger partial charge on any atom is 0.416 e. The average Bonchev–Trinajstić information content (AvgIpc) is 2.84. The Morgan fingerprint density at radius 2 is 1.69 bits per heavy atom. The second-order valence-electron chi connectivity index (χ2n) is 5.91. The molecule has 0 aliphatic carbocycles. The van der Waals surface area contributed by atoms with Gasteiger partial charge in [-0.3, -0.25) is 9.69 Å². The number of thioether (sulfide) groups is 1. The highest BCUT2D eigenvalue weighted by atomic mass is 32.2. The van der Waals surface area contributed by atoms with Gasteiger partial charge in [-0.25, -0.2) is 0 Å². The number of hydrogen-bond acceptors (Lipinski definition) is 3. The Hall–Kier alpha value is -2.12. The van der Waals surface area contributed by atoms with E-state index in [2.05, 4.69) is 0 Å². The van der Waals surface area contributed by atoms with E-state index in [0.29, 0.717) is 20.5 Å². The number of hydrogen-bond donors (Lipinski definition) is 0. The van der Waals surface area contributed by atoms with Crippen molar-refractivity contribution in [1.29, 1.82) is 0 Å². The third kappa shape index (κ3) is 3.68. The van der Waals surface area contributed by atoms with Gasteiger partial charge >= 0.3 is 6.18 Å². The third-order valence-electron chi connectivity index (χ3n) is 4.08. The lowest BCUT2D eigenvalue weighted by Gasteiger charge is -2.15. The Morgan fingerprint density at radius 1 is 1.04 bits per heavy atom. The molecule has 0 saturated carbocycles. The van der Waals surface area contributed by atoms with Gasteiger partial charge in [-0.05, 0) is 60.9 Å². The van der Waals surface area contributed by atoms with Crippen LogP contribution in [-0.4, -0.2) is 10.2 Å². The summed E-state index contributed by atoms with van der Waals surface area (Å²) in [4.78, 5) is 14.5. The first-order valence-electron chi connectivity index (χ1n) is 7.69. The van der Waals surface area contributed by atoms with Gasteiger partial charge in [-0.2, -0.15) is 13.2 Å². The molecule has 2 nitrogen and oxygen atoms in total. The van der Waals surface area contributed by atoms with Crippen molar-refractivity contribution in [2.75, 3.05) is 4.90 Å². The highest BCUT2D eigenvalue weighted by molar-refractivity contribution is 8.27. The van der Waals surface area contributed by atoms with Gasteiger partial charge in [-0.15, -0.1) is 0 Å². The number of carbonyl (C=O) groups is 1. The molecule has 1 heterocycles. The average molecular weight is 393 g/mol. The van der Waals surface area contributed by atoms with Gasteiger partial charge in [0, 0.05) is 0 Å². The zero-order chi connectivity index (χ0) is 19.1. The van der Waals surface area contributed by atoms with Crippen LogP contribution in [0.15, 0.2) is 47.4 Å². The SMILES string of the molecule is Cc1ccc(N2C(=O)C(=Cc3ccc(C(F)(F)F)cc3)SC2=S)cc1C. The van der Waals surface area contributed by atoms with Gasteiger partial charge < -0.3 is 0 Å². The number of anilines is 1. The van der Waals surface area contributed by atoms with Crippen LogP contribution in [0.4, 0.5) is 18.9 Å². The van der Waals surface area contributed by atoms with E-state index in [1.54, 1.807) is 6.08 Å². The van der Waals surface area contributed by atoms with E-state index in [9.17, 15) is 18.0 Å². The number of aryl methyl sites for hydroxylation is 2. The summed E-state index contributed by atoms with van der Waals surface area (Å²) in [5.74, 6) is -0.275. The predicted octanol–water partition coefficient (Wildman–Crippen LogP) is 5.73. The van der Waals surface area contributed by atoms with Crippen molar-refractivity contribution in [2.45, 2.75) is 20.0 Å². The molecule has 1 aliphatic heterocycles. The Bertz CT molecular complexity index is 917. The van der Waals surface area contributed by atoms with Crippen LogP contribution in [0.3, 0.4) is 0 Å². The number of thiocarbonyl (C=S) groups is 1. The van der Waals surface area contributed by atoms with Gasteiger partial charge in [0.2, 0.25) is 0 Å². The summed E-state index contributed by atoms with van der Waals surface area (Å²) in [6.45, 7) is 3.93. The summed E-state index contributed by atoms with van der Waals surface area (Å²) >= 11 is 6.45. The van der Waals surface area contributed by atoms with Gasteiger partial charge in [0.05, 0.1) is 16.2 Å². The van der Waals surface area contributed by atoms with E-state index >= 15 is 0 Å². The molecule has 1 amide bonds. The van der Waals surface area contributed by atoms with Gasteiger partial charge in [0.25, 0.3) is 5.91 Å². The molecule has 1 aliphatic rings. The maximum atomic E-state index is 12.7. The monoisotopic (exact) mass is 393 g/mol. The quantitative estimate of drug-likeness (QED) is 0.480. The summed E-state index contributed by atoms with van der Waals surface area (Å²) in [5.41, 5.74) is 2.63. The van der Waals surface area contributed by atoms with Crippen LogP contribution in [0.1, 0.15) is 22.3 Å². The number of rotatable bonds is 2. The Kier molecular flexibility index (Phi) is 4.94. The molecule has 0 aromatic heterocycles. The normalized spacial score (nSPS) is 16.7. The fourth-order valence-electron chi connectivity index (χ4n) is 2.47. The van der Waals surface area contributed by atoms with Crippen LogP contribution in [0.25, 0.3) is 6.08 Å². The molecule has 26 heavy (non-hydrogen) atoms. The second kappa shape index (κ2) is 6.89. The lowest BCUT2D eigenvalue weighted by atomic mass is 10.1. The standard InChI is InChI=1S/C19H14F3NOS2/c1-11-3-8-15(9-12(11)2)23-17(24)16(26-18(23)25)10-13-4-6-14(7-5-13)19(20,21)22/h3-10H,1-2H3. The smallest absolute Gasteiger partial charge is 0.268 e. The summed E-state index contributed by atoms with van der Waals surface area (Å²) in [7, 11) is 0. The molecule has 3 rings (SSSR count). The number of alkyl halides is 3. The maximum absolute atomic E-state index is 12.7. The second-order valence-corrected chi connectivity index (χ2v) is 7.58. The van der Waals surface area contributed by atoms with Crippen LogP contribution in [0.2, 0.25) is 0 Å². The fraction of sp³-hybridized carbons (Fsp3) is 0.158. The molecule has 0 atom stereocenters. The Balaban J connectivity index is 1.88. The highest BCUT2D eigenvalue weighted by Crippen LogP contribution is 2.37. The van der Waals surface area contributed by atoms with Crippen molar-refractivity contribution in [3.8, 4) is 0 Å². The van der Waals surface area contributed by atoms with E-state index in [-0.39, 0.29) is 5.91 Å². The molecule has 7 heteroatoms. The van der Waals surface area contributed by atoms with Crippen molar-refractivity contribution in [1.82, 2.24) is 0 Å². The van der Waals surface area contributed by atoms with Crippen molar-refractivity contribution in [3.05, 3.63) is 69.6 Å². The summed E-state index contributed by atoms with van der Waals surface area (Å²) in [6.07, 6.45) is -2.83. The molecule has 0 bridgehead atoms. The number of carbonyl (C=O) groups excluding carboxylic acids is 1. The minimum absolute atomic E-state index is 0.275. The minimum atomic E-state index is -4.38. The van der Waals surface area contributed by atoms with Crippen molar-refractivity contribution in [2.24, 2.45) is 0 Å². The lowest BCUT2D eigenvalue weighted by molar-refractivity contribution is -0.137. The zero-order valence-corrected chi connectivity index (χ0v) is 15.6.